The van der Waals surface area contributed by atoms with Gasteiger partial charge in [-0.05, 0) is 54.9 Å². The van der Waals surface area contributed by atoms with Gasteiger partial charge in [-0.15, -0.1) is 5.10 Å². The van der Waals surface area contributed by atoms with Gasteiger partial charge in [0, 0.05) is 53.4 Å². The quantitative estimate of drug-likeness (QED) is 0.345. The van der Waals surface area contributed by atoms with Crippen LogP contribution >= 0.6 is 0 Å². The maximum atomic E-state index is 5.74. The topological polar surface area (TPSA) is 84.8 Å². The van der Waals surface area contributed by atoms with Gasteiger partial charge in [0.05, 0.1) is 25.1 Å². The van der Waals surface area contributed by atoms with Crippen molar-refractivity contribution in [3.05, 3.63) is 72.1 Å². The summed E-state index contributed by atoms with van der Waals surface area (Å²) in [5.74, 6) is 0. The van der Waals surface area contributed by atoms with Crippen molar-refractivity contribution in [3.63, 3.8) is 0 Å². The zero-order chi connectivity index (χ0) is 25.9. The Bertz CT molecular complexity index is 1660. The fourth-order valence-corrected chi connectivity index (χ4v) is 6.96. The number of rotatable bonds is 4. The zero-order valence-corrected chi connectivity index (χ0v) is 22.0. The summed E-state index contributed by atoms with van der Waals surface area (Å²) in [6, 6.07) is 19.6. The summed E-state index contributed by atoms with van der Waals surface area (Å²) in [7, 11) is 1.90. The summed E-state index contributed by atoms with van der Waals surface area (Å²) in [5.41, 5.74) is 10.2. The van der Waals surface area contributed by atoms with E-state index in [1.807, 2.05) is 13.2 Å². The first-order valence-corrected chi connectivity index (χ1v) is 14.0. The third-order valence-corrected chi connectivity index (χ3v) is 9.05. The summed E-state index contributed by atoms with van der Waals surface area (Å²) in [6.45, 7) is 1.84. The lowest BCUT2D eigenvalue weighted by molar-refractivity contribution is -0.148. The number of ether oxygens (including phenoxy) is 1. The summed E-state index contributed by atoms with van der Waals surface area (Å²) < 4.78 is 7.52. The number of pyridine rings is 1. The molecule has 1 aliphatic carbocycles. The van der Waals surface area contributed by atoms with E-state index >= 15 is 0 Å². The lowest BCUT2D eigenvalue weighted by Gasteiger charge is -2.56. The van der Waals surface area contributed by atoms with Gasteiger partial charge in [0.15, 0.2) is 5.65 Å². The van der Waals surface area contributed by atoms with E-state index in [0.29, 0.717) is 18.1 Å². The smallest absolute Gasteiger partial charge is 0.155 e. The van der Waals surface area contributed by atoms with Gasteiger partial charge in [0.2, 0.25) is 0 Å². The van der Waals surface area contributed by atoms with Crippen LogP contribution in [0.3, 0.4) is 0 Å². The molecule has 5 heterocycles. The first kappa shape index (κ1) is 23.0. The molecule has 2 saturated heterocycles. The molecule has 3 aromatic heterocycles. The van der Waals surface area contributed by atoms with Crippen LogP contribution in [0.15, 0.2) is 60.9 Å². The molecular formula is C31H31N7O. The Labute approximate surface area is 227 Å². The number of aromatic amines is 1. The Hall–Kier alpha value is -3.88. The van der Waals surface area contributed by atoms with Crippen molar-refractivity contribution >= 4 is 11.0 Å². The highest BCUT2D eigenvalue weighted by molar-refractivity contribution is 5.93. The largest absolute Gasteiger partial charge is 0.378 e. The average molecular weight is 518 g/mol. The highest BCUT2D eigenvalue weighted by Crippen LogP contribution is 2.38. The highest BCUT2D eigenvalue weighted by atomic mass is 16.5. The normalized spacial score (nSPS) is 22.8. The number of nitrogens with one attached hydrogen (secondary N) is 1. The number of aryl methyl sites for hydroxylation is 3. The number of fused-ring (bicyclic) bond motifs is 4. The van der Waals surface area contributed by atoms with Crippen LogP contribution < -0.4 is 0 Å². The first-order chi connectivity index (χ1) is 19.2. The van der Waals surface area contributed by atoms with Crippen LogP contribution in [0.1, 0.15) is 30.4 Å². The van der Waals surface area contributed by atoms with E-state index in [0.717, 1.165) is 65.2 Å². The number of hydrogen-bond acceptors (Lipinski definition) is 6. The number of benzene rings is 2. The fraction of sp³-hybridized carbons (Fsp3) is 0.355. The van der Waals surface area contributed by atoms with E-state index in [1.165, 1.54) is 36.0 Å². The van der Waals surface area contributed by atoms with Gasteiger partial charge in [0.1, 0.15) is 5.69 Å². The number of H-pyrrole nitrogens is 1. The molecule has 2 bridgehead atoms. The molecule has 0 saturated carbocycles. The number of nitrogens with zero attached hydrogens (tertiary/aromatic N) is 6. The summed E-state index contributed by atoms with van der Waals surface area (Å²) in [6.07, 6.45) is 9.84. The predicted octanol–water partition coefficient (Wildman–Crippen LogP) is 4.81. The van der Waals surface area contributed by atoms with Gasteiger partial charge in [0.25, 0.3) is 0 Å². The van der Waals surface area contributed by atoms with Gasteiger partial charge < -0.3 is 4.74 Å². The third kappa shape index (κ3) is 3.89. The summed E-state index contributed by atoms with van der Waals surface area (Å²) >= 11 is 0. The van der Waals surface area contributed by atoms with E-state index in [9.17, 15) is 0 Å². The fourth-order valence-electron chi connectivity index (χ4n) is 6.96. The minimum absolute atomic E-state index is 0.649. The van der Waals surface area contributed by atoms with E-state index < -0.39 is 0 Å². The summed E-state index contributed by atoms with van der Waals surface area (Å²) in [5, 5.41) is 16.8. The van der Waals surface area contributed by atoms with Crippen molar-refractivity contribution in [1.29, 1.82) is 0 Å². The maximum Gasteiger partial charge on any atom is 0.155 e. The lowest BCUT2D eigenvalue weighted by atomic mass is 9.87. The Morgan fingerprint density at radius 1 is 0.821 bits per heavy atom. The zero-order valence-electron chi connectivity index (χ0n) is 22.0. The van der Waals surface area contributed by atoms with Gasteiger partial charge in [-0.1, -0.05) is 47.7 Å². The van der Waals surface area contributed by atoms with Crippen molar-refractivity contribution in [3.8, 4) is 33.6 Å². The van der Waals surface area contributed by atoms with E-state index in [2.05, 4.69) is 73.9 Å². The number of aromatic nitrogens is 6. The van der Waals surface area contributed by atoms with E-state index in [4.69, 9.17) is 9.72 Å². The molecule has 196 valence electrons. The second kappa shape index (κ2) is 9.10. The molecule has 0 spiro atoms. The van der Waals surface area contributed by atoms with Crippen molar-refractivity contribution in [2.24, 2.45) is 7.05 Å². The molecular weight excluding hydrogens is 486 g/mol. The maximum absolute atomic E-state index is 5.74. The van der Waals surface area contributed by atoms with Crippen LogP contribution in [0, 0.1) is 0 Å². The van der Waals surface area contributed by atoms with Crippen molar-refractivity contribution in [2.75, 3.05) is 13.2 Å². The molecule has 2 aliphatic heterocycles. The number of morpholine rings is 1. The standard InChI is InChI=1S/C31H31N7O/c1-37-29(16-33-36-37)20-3-5-21(6-4-20)30-28-13-24(15-32-31(28)35-34-30)23-7-2-19-8-10-25(11-9-22(19)12-23)38-26-14-27(38)18-39-17-26/h2-7,12-13,15-16,25-27H,8-11,14,17-18H2,1H3,(H,32,34,35)/t25-,26?,27?/m0/s1. The molecule has 3 aliphatic rings. The van der Waals surface area contributed by atoms with Crippen LogP contribution in [0.2, 0.25) is 0 Å². The molecule has 8 heteroatoms. The Balaban J connectivity index is 1.07. The van der Waals surface area contributed by atoms with E-state index in [-0.39, 0.29) is 0 Å². The Morgan fingerprint density at radius 2 is 1.59 bits per heavy atom. The minimum atomic E-state index is 0.649. The molecule has 8 nitrogen and oxygen atoms in total. The Morgan fingerprint density at radius 3 is 2.36 bits per heavy atom. The van der Waals surface area contributed by atoms with Gasteiger partial charge in [-0.2, -0.15) is 5.10 Å². The molecule has 39 heavy (non-hydrogen) atoms. The molecule has 5 aromatic rings. The first-order valence-electron chi connectivity index (χ1n) is 14.0. The minimum Gasteiger partial charge on any atom is -0.378 e. The van der Waals surface area contributed by atoms with Crippen molar-refractivity contribution in [2.45, 2.75) is 50.2 Å². The number of hydrogen-bond donors (Lipinski definition) is 1. The second-order valence-electron chi connectivity index (χ2n) is 11.3. The Kier molecular flexibility index (Phi) is 5.38. The monoisotopic (exact) mass is 517 g/mol. The molecule has 2 aromatic carbocycles. The molecule has 3 atom stereocenters. The SMILES string of the molecule is Cn1nncc1-c1ccc(-c2n[nH]c3ncc(-c4ccc5c(c4)CC[C@@H](N4C6COCC4C6)CC5)cc23)cc1. The molecule has 2 fully saturated rings. The average Bonchev–Trinajstić information content (AvgIpc) is 3.54. The lowest BCUT2D eigenvalue weighted by Crippen LogP contribution is -2.66. The highest BCUT2D eigenvalue weighted by Gasteiger charge is 2.45. The molecule has 0 radical (unpaired) electrons. The van der Waals surface area contributed by atoms with Crippen LogP contribution in [-0.4, -0.2) is 66.4 Å². The van der Waals surface area contributed by atoms with E-state index in [1.54, 1.807) is 10.9 Å². The van der Waals surface area contributed by atoms with Crippen molar-refractivity contribution < 1.29 is 4.74 Å². The van der Waals surface area contributed by atoms with Crippen molar-refractivity contribution in [1.82, 2.24) is 35.1 Å². The third-order valence-electron chi connectivity index (χ3n) is 9.05. The molecule has 8 rings (SSSR count). The van der Waals surface area contributed by atoms with Crippen LogP contribution in [0.25, 0.3) is 44.7 Å². The molecule has 2 unspecified atom stereocenters. The van der Waals surface area contributed by atoms with Crippen LogP contribution in [0.5, 0.6) is 0 Å². The van der Waals surface area contributed by atoms with Gasteiger partial charge >= 0.3 is 0 Å². The van der Waals surface area contributed by atoms with Gasteiger partial charge in [-0.3, -0.25) is 10.00 Å². The summed E-state index contributed by atoms with van der Waals surface area (Å²) in [4.78, 5) is 7.51. The second-order valence-corrected chi connectivity index (χ2v) is 11.3. The predicted molar refractivity (Wildman–Crippen MR) is 150 cm³/mol. The van der Waals surface area contributed by atoms with Gasteiger partial charge in [-0.25, -0.2) is 9.67 Å². The van der Waals surface area contributed by atoms with Crippen LogP contribution in [0.4, 0.5) is 0 Å². The molecule has 1 N–H and O–H groups in total. The molecule has 0 amide bonds. The van der Waals surface area contributed by atoms with Crippen LogP contribution in [-0.2, 0) is 24.6 Å².